The minimum Gasteiger partial charge on any atom is -0.497 e. The summed E-state index contributed by atoms with van der Waals surface area (Å²) < 4.78 is 16.6. The van der Waals surface area contributed by atoms with Crippen LogP contribution < -0.4 is 24.4 Å². The van der Waals surface area contributed by atoms with Crippen LogP contribution >= 0.6 is 11.3 Å². The van der Waals surface area contributed by atoms with Gasteiger partial charge < -0.3 is 29.5 Å². The second kappa shape index (κ2) is 16.4. The van der Waals surface area contributed by atoms with Crippen LogP contribution in [0.15, 0.2) is 60.7 Å². The fourth-order valence-electron chi connectivity index (χ4n) is 5.36. The highest BCUT2D eigenvalue weighted by atomic mass is 32.1. The molecular formula is C34H42N6O6S. The number of aliphatic hydroxyl groups is 1. The Labute approximate surface area is 279 Å². The molecule has 0 amide bonds. The van der Waals surface area contributed by atoms with Gasteiger partial charge in [0.15, 0.2) is 0 Å². The number of nitrogens with zero attached hydrogens (tertiary/aromatic N) is 5. The molecule has 1 unspecified atom stereocenters. The maximum atomic E-state index is 12.8. The molecule has 0 aliphatic carbocycles. The van der Waals surface area contributed by atoms with Gasteiger partial charge in [0.25, 0.3) is 0 Å². The van der Waals surface area contributed by atoms with Crippen LogP contribution in [0.3, 0.4) is 0 Å². The molecule has 13 heteroatoms. The molecule has 1 fully saturated rings. The van der Waals surface area contributed by atoms with Gasteiger partial charge in [-0.1, -0.05) is 37.6 Å². The van der Waals surface area contributed by atoms with Crippen molar-refractivity contribution in [1.82, 2.24) is 14.9 Å². The maximum Gasteiger partial charge on any atom is 0.353 e. The average Bonchev–Trinajstić information content (AvgIpc) is 3.71. The molecule has 4 aromatic rings. The number of nitrogens with one attached hydrogen (secondary N) is 1. The van der Waals surface area contributed by atoms with E-state index >= 15 is 0 Å². The minimum absolute atomic E-state index is 0.0791. The van der Waals surface area contributed by atoms with Crippen molar-refractivity contribution in [1.29, 1.82) is 0 Å². The van der Waals surface area contributed by atoms with Crippen LogP contribution in [-0.4, -0.2) is 64.9 Å². The molecule has 1 aliphatic heterocycles. The summed E-state index contributed by atoms with van der Waals surface area (Å²) >= 11 is 1.63. The topological polar surface area (TPSA) is 135 Å². The Hall–Kier alpha value is -4.46. The lowest BCUT2D eigenvalue weighted by Gasteiger charge is -2.25. The van der Waals surface area contributed by atoms with Gasteiger partial charge in [0.05, 0.1) is 38.4 Å². The predicted molar refractivity (Wildman–Crippen MR) is 183 cm³/mol. The van der Waals surface area contributed by atoms with Crippen LogP contribution in [0.1, 0.15) is 47.1 Å². The van der Waals surface area contributed by atoms with Gasteiger partial charge in [-0.05, 0) is 60.4 Å². The fraction of sp³-hybridized carbons (Fsp3) is 0.412. The smallest absolute Gasteiger partial charge is 0.353 e. The van der Waals surface area contributed by atoms with Crippen LogP contribution in [0.25, 0.3) is 0 Å². The number of anilines is 2. The Bertz CT molecular complexity index is 1550. The van der Waals surface area contributed by atoms with Crippen LogP contribution in [0.4, 0.5) is 17.3 Å². The number of methoxy groups -OCH3 is 2. The Morgan fingerprint density at radius 1 is 1.00 bits per heavy atom. The molecule has 2 aromatic carbocycles. The van der Waals surface area contributed by atoms with Crippen molar-refractivity contribution in [3.05, 3.63) is 91.7 Å². The first-order valence-electron chi connectivity index (χ1n) is 15.8. The van der Waals surface area contributed by atoms with Gasteiger partial charge in [-0.3, -0.25) is 15.0 Å². The number of unbranched alkanes of at least 4 members (excludes halogenated alkanes) is 1. The average molecular weight is 663 g/mol. The highest BCUT2D eigenvalue weighted by Crippen LogP contribution is 2.37. The molecule has 0 spiro atoms. The van der Waals surface area contributed by atoms with Gasteiger partial charge in [-0.15, -0.1) is 11.3 Å². The van der Waals surface area contributed by atoms with E-state index in [1.165, 1.54) is 4.88 Å². The first-order valence-corrected chi connectivity index (χ1v) is 16.6. The van der Waals surface area contributed by atoms with E-state index in [9.17, 15) is 15.2 Å². The second-order valence-corrected chi connectivity index (χ2v) is 12.7. The van der Waals surface area contributed by atoms with Crippen LogP contribution in [-0.2, 0) is 26.2 Å². The zero-order chi connectivity index (χ0) is 33.2. The zero-order valence-electron chi connectivity index (χ0n) is 27.1. The summed E-state index contributed by atoms with van der Waals surface area (Å²) in [7, 11) is 3.22. The number of hydrogen-bond donors (Lipinski definition) is 2. The molecule has 250 valence electrons. The number of hydrogen-bond acceptors (Lipinski definition) is 12. The number of benzene rings is 2. The Morgan fingerprint density at radius 3 is 2.19 bits per heavy atom. The van der Waals surface area contributed by atoms with Crippen molar-refractivity contribution < 1.29 is 24.2 Å². The molecule has 12 nitrogen and oxygen atoms in total. The quantitative estimate of drug-likeness (QED) is 0.0780. The van der Waals surface area contributed by atoms with Gasteiger partial charge in [-0.2, -0.15) is 9.97 Å². The third-order valence-electron chi connectivity index (χ3n) is 7.90. The van der Waals surface area contributed by atoms with E-state index in [1.54, 1.807) is 25.6 Å². The number of rotatable bonds is 17. The summed E-state index contributed by atoms with van der Waals surface area (Å²) in [6.45, 7) is 5.77. The number of thiophene rings is 1. The molecular weight excluding hydrogens is 620 g/mol. The van der Waals surface area contributed by atoms with Crippen LogP contribution in [0.5, 0.6) is 17.5 Å². The van der Waals surface area contributed by atoms with Crippen molar-refractivity contribution in [2.45, 2.75) is 58.5 Å². The molecule has 5 rings (SSSR count). The molecule has 0 bridgehead atoms. The number of aliphatic hydroxyl groups excluding tert-OH is 1. The lowest BCUT2D eigenvalue weighted by atomic mass is 10.1. The van der Waals surface area contributed by atoms with Gasteiger partial charge in [0.1, 0.15) is 11.5 Å². The SMILES string of the molecule is CCCCOc1nc(NCc2ccc(CN3CCC(O)C3)s2)c([N+](=O)[O-])c(N(Cc2ccc(OC)cc2)Cc2ccc(OC)cc2)n1. The van der Waals surface area contributed by atoms with Crippen molar-refractivity contribution in [3.8, 4) is 17.5 Å². The summed E-state index contributed by atoms with van der Waals surface area (Å²) in [5.74, 6) is 1.69. The predicted octanol–water partition coefficient (Wildman–Crippen LogP) is 6.03. The number of β-amino-alcohol motifs (C(OH)–C–C–N with tert-alkyl or cyclic N) is 1. The van der Waals surface area contributed by atoms with Gasteiger partial charge >= 0.3 is 11.7 Å². The summed E-state index contributed by atoms with van der Waals surface area (Å²) in [4.78, 5) is 27.8. The molecule has 2 N–H and O–H groups in total. The number of likely N-dealkylation sites (tertiary alicyclic amines) is 1. The van der Waals surface area contributed by atoms with Crippen LogP contribution in [0.2, 0.25) is 0 Å². The van der Waals surface area contributed by atoms with Crippen molar-refractivity contribution in [2.75, 3.05) is 44.1 Å². The first kappa shape index (κ1) is 33.9. The van der Waals surface area contributed by atoms with E-state index in [1.807, 2.05) is 59.5 Å². The Kier molecular flexibility index (Phi) is 11.8. The van der Waals surface area contributed by atoms with Crippen LogP contribution in [0, 0.1) is 10.1 Å². The number of aromatic nitrogens is 2. The molecule has 3 heterocycles. The van der Waals surface area contributed by atoms with Crippen molar-refractivity contribution in [3.63, 3.8) is 0 Å². The third-order valence-corrected chi connectivity index (χ3v) is 8.97. The monoisotopic (exact) mass is 662 g/mol. The van der Waals surface area contributed by atoms with E-state index in [2.05, 4.69) is 33.2 Å². The highest BCUT2D eigenvalue weighted by molar-refractivity contribution is 7.12. The Morgan fingerprint density at radius 2 is 1.64 bits per heavy atom. The number of nitro groups is 1. The largest absolute Gasteiger partial charge is 0.497 e. The van der Waals surface area contributed by atoms with E-state index in [4.69, 9.17) is 14.2 Å². The lowest BCUT2D eigenvalue weighted by molar-refractivity contribution is -0.383. The summed E-state index contributed by atoms with van der Waals surface area (Å²) in [5.41, 5.74) is 1.62. The van der Waals surface area contributed by atoms with Crippen molar-refractivity contribution >= 4 is 28.7 Å². The van der Waals surface area contributed by atoms with E-state index in [0.717, 1.165) is 59.9 Å². The first-order chi connectivity index (χ1) is 22.8. The zero-order valence-corrected chi connectivity index (χ0v) is 27.9. The molecule has 0 radical (unpaired) electrons. The van der Waals surface area contributed by atoms with E-state index in [0.29, 0.717) is 32.8 Å². The molecule has 2 aromatic heterocycles. The van der Waals surface area contributed by atoms with E-state index < -0.39 is 4.92 Å². The third kappa shape index (κ3) is 9.31. The number of ether oxygens (including phenoxy) is 3. The summed E-state index contributed by atoms with van der Waals surface area (Å²) in [5, 5.41) is 25.9. The lowest BCUT2D eigenvalue weighted by Crippen LogP contribution is -2.25. The fourth-order valence-corrected chi connectivity index (χ4v) is 6.37. The van der Waals surface area contributed by atoms with E-state index in [-0.39, 0.29) is 29.4 Å². The highest BCUT2D eigenvalue weighted by Gasteiger charge is 2.30. The van der Waals surface area contributed by atoms with Gasteiger partial charge in [0.2, 0.25) is 11.6 Å². The van der Waals surface area contributed by atoms with Crippen molar-refractivity contribution in [2.24, 2.45) is 0 Å². The molecule has 0 saturated carbocycles. The maximum absolute atomic E-state index is 12.8. The van der Waals surface area contributed by atoms with Gasteiger partial charge in [0, 0.05) is 42.5 Å². The molecule has 1 aliphatic rings. The second-order valence-electron chi connectivity index (χ2n) is 11.4. The standard InChI is InChI=1S/C34H42N6O6S/c1-4-5-18-46-34-36-32(35-19-29-14-15-30(47-29)23-38-17-16-26(41)22-38)31(40(42)43)33(37-34)39(20-24-6-10-27(44-2)11-7-24)21-25-8-12-28(45-3)13-9-25/h6-15,26,41H,4-5,16-23H2,1-3H3,(H,35,36,37). The Balaban J connectivity index is 1.48. The normalized spacial score (nSPS) is 14.6. The summed E-state index contributed by atoms with van der Waals surface area (Å²) in [6.07, 6.45) is 2.23. The summed E-state index contributed by atoms with van der Waals surface area (Å²) in [6, 6.07) is 19.4. The molecule has 1 atom stereocenters. The van der Waals surface area contributed by atoms with Gasteiger partial charge in [-0.25, -0.2) is 0 Å². The molecule has 1 saturated heterocycles. The molecule has 47 heavy (non-hydrogen) atoms. The minimum atomic E-state index is -0.429.